The highest BCUT2D eigenvalue weighted by Gasteiger charge is 2.09. The molecule has 1 unspecified atom stereocenters. The molecular formula is C18H22N4S. The summed E-state index contributed by atoms with van der Waals surface area (Å²) in [6.07, 6.45) is 2.90. The number of benzene rings is 1. The SMILES string of the molecule is Cc1cc(CC(C)NCc2cnc(-c3ccccc3C)s2)n[nH]1. The summed E-state index contributed by atoms with van der Waals surface area (Å²) in [5.41, 5.74) is 4.71. The summed E-state index contributed by atoms with van der Waals surface area (Å²) in [5.74, 6) is 0. The van der Waals surface area contributed by atoms with Crippen LogP contribution in [0.4, 0.5) is 0 Å². The molecule has 0 fully saturated rings. The molecule has 4 nitrogen and oxygen atoms in total. The van der Waals surface area contributed by atoms with Crippen LogP contribution in [0.3, 0.4) is 0 Å². The number of hydrogen-bond acceptors (Lipinski definition) is 4. The van der Waals surface area contributed by atoms with E-state index in [1.54, 1.807) is 11.3 Å². The summed E-state index contributed by atoms with van der Waals surface area (Å²) in [4.78, 5) is 5.83. The molecule has 0 aliphatic rings. The van der Waals surface area contributed by atoms with E-state index in [1.807, 2.05) is 13.1 Å². The van der Waals surface area contributed by atoms with E-state index in [4.69, 9.17) is 0 Å². The molecule has 0 aliphatic carbocycles. The number of aryl methyl sites for hydroxylation is 2. The maximum atomic E-state index is 4.57. The number of H-pyrrole nitrogens is 1. The Bertz CT molecular complexity index is 775. The number of nitrogens with zero attached hydrogens (tertiary/aromatic N) is 2. The third kappa shape index (κ3) is 4.06. The Hall–Kier alpha value is -1.98. The summed E-state index contributed by atoms with van der Waals surface area (Å²) >= 11 is 1.76. The van der Waals surface area contributed by atoms with Gasteiger partial charge in [0.05, 0.1) is 5.69 Å². The molecule has 0 aliphatic heterocycles. The molecule has 3 rings (SSSR count). The predicted octanol–water partition coefficient (Wildman–Crippen LogP) is 3.87. The van der Waals surface area contributed by atoms with E-state index in [2.05, 4.69) is 64.7 Å². The fourth-order valence-electron chi connectivity index (χ4n) is 2.57. The van der Waals surface area contributed by atoms with Gasteiger partial charge in [0, 0.05) is 41.3 Å². The first-order valence-corrected chi connectivity index (χ1v) is 8.68. The monoisotopic (exact) mass is 326 g/mol. The van der Waals surface area contributed by atoms with Gasteiger partial charge in [0.2, 0.25) is 0 Å². The van der Waals surface area contributed by atoms with Crippen LogP contribution in [0.15, 0.2) is 36.5 Å². The van der Waals surface area contributed by atoms with Crippen molar-refractivity contribution in [2.45, 2.75) is 39.8 Å². The molecule has 0 radical (unpaired) electrons. The molecule has 23 heavy (non-hydrogen) atoms. The summed E-state index contributed by atoms with van der Waals surface area (Å²) in [6, 6.07) is 10.9. The average molecular weight is 326 g/mol. The Kier molecular flexibility index (Phi) is 4.88. The van der Waals surface area contributed by atoms with Crippen molar-refractivity contribution in [2.75, 3.05) is 0 Å². The highest BCUT2D eigenvalue weighted by atomic mass is 32.1. The lowest BCUT2D eigenvalue weighted by molar-refractivity contribution is 0.542. The maximum Gasteiger partial charge on any atom is 0.123 e. The summed E-state index contributed by atoms with van der Waals surface area (Å²) < 4.78 is 0. The lowest BCUT2D eigenvalue weighted by Crippen LogP contribution is -2.27. The van der Waals surface area contributed by atoms with Gasteiger partial charge >= 0.3 is 0 Å². The molecule has 0 bridgehead atoms. The summed E-state index contributed by atoms with van der Waals surface area (Å²) in [7, 11) is 0. The van der Waals surface area contributed by atoms with Gasteiger partial charge in [-0.05, 0) is 32.4 Å². The Morgan fingerprint density at radius 2 is 2.09 bits per heavy atom. The van der Waals surface area contributed by atoms with Gasteiger partial charge in [-0.3, -0.25) is 5.10 Å². The van der Waals surface area contributed by atoms with Crippen LogP contribution in [0.1, 0.15) is 28.8 Å². The van der Waals surface area contributed by atoms with E-state index in [-0.39, 0.29) is 0 Å². The molecule has 0 saturated carbocycles. The van der Waals surface area contributed by atoms with Crippen LogP contribution in [0.2, 0.25) is 0 Å². The average Bonchev–Trinajstić information content (AvgIpc) is 3.15. The Balaban J connectivity index is 1.58. The third-order valence-corrected chi connectivity index (χ3v) is 4.86. The predicted molar refractivity (Wildman–Crippen MR) is 95.6 cm³/mol. The Labute approximate surface area is 141 Å². The molecule has 2 aromatic heterocycles. The minimum absolute atomic E-state index is 0.377. The smallest absolute Gasteiger partial charge is 0.123 e. The van der Waals surface area contributed by atoms with Gasteiger partial charge in [0.1, 0.15) is 5.01 Å². The molecule has 0 spiro atoms. The second-order valence-electron chi connectivity index (χ2n) is 5.98. The van der Waals surface area contributed by atoms with Crippen LogP contribution < -0.4 is 5.32 Å². The fourth-order valence-corrected chi connectivity index (χ4v) is 3.52. The van der Waals surface area contributed by atoms with Crippen molar-refractivity contribution in [3.8, 4) is 10.6 Å². The zero-order valence-electron chi connectivity index (χ0n) is 13.8. The summed E-state index contributed by atoms with van der Waals surface area (Å²) in [6.45, 7) is 7.18. The quantitative estimate of drug-likeness (QED) is 0.723. The van der Waals surface area contributed by atoms with Crippen molar-refractivity contribution < 1.29 is 0 Å². The van der Waals surface area contributed by atoms with Crippen LogP contribution in [-0.4, -0.2) is 21.2 Å². The van der Waals surface area contributed by atoms with Gasteiger partial charge in [-0.1, -0.05) is 24.3 Å². The standard InChI is InChI=1S/C18H22N4S/c1-12-6-4-5-7-17(12)18-20-11-16(23-18)10-19-13(2)8-15-9-14(3)21-22-15/h4-7,9,11,13,19H,8,10H2,1-3H3,(H,21,22). The van der Waals surface area contributed by atoms with Crippen LogP contribution in [0, 0.1) is 13.8 Å². The number of hydrogen-bond donors (Lipinski definition) is 2. The normalized spacial score (nSPS) is 12.5. The highest BCUT2D eigenvalue weighted by Crippen LogP contribution is 2.27. The van der Waals surface area contributed by atoms with E-state index in [0.717, 1.165) is 29.4 Å². The number of aromatic amines is 1. The van der Waals surface area contributed by atoms with E-state index in [1.165, 1.54) is 16.0 Å². The molecule has 3 aromatic rings. The number of rotatable bonds is 6. The van der Waals surface area contributed by atoms with Crippen LogP contribution in [-0.2, 0) is 13.0 Å². The van der Waals surface area contributed by atoms with Gasteiger partial charge in [0.25, 0.3) is 0 Å². The van der Waals surface area contributed by atoms with Crippen LogP contribution >= 0.6 is 11.3 Å². The fraction of sp³-hybridized carbons (Fsp3) is 0.333. The first kappa shape index (κ1) is 15.9. The first-order chi connectivity index (χ1) is 11.1. The van der Waals surface area contributed by atoms with Gasteiger partial charge in [-0.2, -0.15) is 5.10 Å². The van der Waals surface area contributed by atoms with Gasteiger partial charge in [-0.25, -0.2) is 4.98 Å². The molecule has 120 valence electrons. The third-order valence-electron chi connectivity index (χ3n) is 3.83. The van der Waals surface area contributed by atoms with E-state index in [9.17, 15) is 0 Å². The lowest BCUT2D eigenvalue weighted by Gasteiger charge is -2.11. The van der Waals surface area contributed by atoms with Crippen LogP contribution in [0.5, 0.6) is 0 Å². The number of aromatic nitrogens is 3. The molecule has 1 aromatic carbocycles. The van der Waals surface area contributed by atoms with Crippen molar-refractivity contribution in [3.63, 3.8) is 0 Å². The molecule has 2 N–H and O–H groups in total. The second-order valence-corrected chi connectivity index (χ2v) is 7.09. The molecular weight excluding hydrogens is 304 g/mol. The van der Waals surface area contributed by atoms with E-state index >= 15 is 0 Å². The lowest BCUT2D eigenvalue weighted by atomic mass is 10.1. The minimum Gasteiger partial charge on any atom is -0.309 e. The van der Waals surface area contributed by atoms with Crippen molar-refractivity contribution >= 4 is 11.3 Å². The van der Waals surface area contributed by atoms with Crippen LogP contribution in [0.25, 0.3) is 10.6 Å². The number of thiazole rings is 1. The topological polar surface area (TPSA) is 53.6 Å². The molecule has 0 amide bonds. The second kappa shape index (κ2) is 7.06. The van der Waals surface area contributed by atoms with Crippen molar-refractivity contribution in [1.29, 1.82) is 0 Å². The molecule has 5 heteroatoms. The van der Waals surface area contributed by atoms with Crippen molar-refractivity contribution in [3.05, 3.63) is 58.4 Å². The largest absolute Gasteiger partial charge is 0.309 e. The van der Waals surface area contributed by atoms with E-state index in [0.29, 0.717) is 6.04 Å². The Morgan fingerprint density at radius 1 is 1.26 bits per heavy atom. The van der Waals surface area contributed by atoms with Gasteiger partial charge in [-0.15, -0.1) is 11.3 Å². The maximum absolute atomic E-state index is 4.57. The zero-order chi connectivity index (χ0) is 16.2. The zero-order valence-corrected chi connectivity index (χ0v) is 14.6. The first-order valence-electron chi connectivity index (χ1n) is 7.87. The molecule has 0 saturated heterocycles. The minimum atomic E-state index is 0.377. The van der Waals surface area contributed by atoms with Crippen molar-refractivity contribution in [1.82, 2.24) is 20.5 Å². The Morgan fingerprint density at radius 3 is 2.83 bits per heavy atom. The van der Waals surface area contributed by atoms with Crippen molar-refractivity contribution in [2.24, 2.45) is 0 Å². The van der Waals surface area contributed by atoms with Gasteiger partial charge < -0.3 is 5.32 Å². The van der Waals surface area contributed by atoms with Gasteiger partial charge in [0.15, 0.2) is 0 Å². The summed E-state index contributed by atoms with van der Waals surface area (Å²) in [5, 5.41) is 11.9. The number of nitrogens with one attached hydrogen (secondary N) is 2. The molecule has 1 atom stereocenters. The van der Waals surface area contributed by atoms with E-state index < -0.39 is 0 Å². The molecule has 2 heterocycles. The highest BCUT2D eigenvalue weighted by molar-refractivity contribution is 7.15.